The molecule has 0 unspecified atom stereocenters. The van der Waals surface area contributed by atoms with E-state index in [-0.39, 0.29) is 12.3 Å². The minimum Gasteiger partial charge on any atom is -0.497 e. The SMILES string of the molecule is COc1ccc2c(CC(=O)N3CCN(S(=O)(=O)c4cc(C)sc4C)CC3)coc2c1. The fourth-order valence-electron chi connectivity index (χ4n) is 3.78. The summed E-state index contributed by atoms with van der Waals surface area (Å²) in [5.41, 5.74) is 1.49. The number of fused-ring (bicyclic) bond motifs is 1. The Morgan fingerprint density at radius 1 is 1.17 bits per heavy atom. The topological polar surface area (TPSA) is 80.1 Å². The summed E-state index contributed by atoms with van der Waals surface area (Å²) in [6, 6.07) is 7.24. The van der Waals surface area contributed by atoms with Gasteiger partial charge >= 0.3 is 0 Å². The Morgan fingerprint density at radius 2 is 1.90 bits per heavy atom. The molecule has 0 atom stereocenters. The van der Waals surface area contributed by atoms with Crippen molar-refractivity contribution >= 4 is 38.2 Å². The van der Waals surface area contributed by atoms with Gasteiger partial charge in [-0.2, -0.15) is 4.31 Å². The lowest BCUT2D eigenvalue weighted by Gasteiger charge is -2.34. The molecule has 9 heteroatoms. The number of amides is 1. The van der Waals surface area contributed by atoms with E-state index in [1.54, 1.807) is 30.4 Å². The second-order valence-electron chi connectivity index (χ2n) is 7.36. The van der Waals surface area contributed by atoms with Crippen LogP contribution in [0.15, 0.2) is 39.8 Å². The highest BCUT2D eigenvalue weighted by Gasteiger charge is 2.32. The molecule has 160 valence electrons. The van der Waals surface area contributed by atoms with Crippen LogP contribution in [0.5, 0.6) is 5.75 Å². The summed E-state index contributed by atoms with van der Waals surface area (Å²) in [5.74, 6) is 0.663. The Hall–Kier alpha value is -2.36. The van der Waals surface area contributed by atoms with Crippen LogP contribution in [0.25, 0.3) is 11.0 Å². The van der Waals surface area contributed by atoms with E-state index in [0.717, 1.165) is 20.7 Å². The number of benzene rings is 1. The number of carbonyl (C=O) groups is 1. The molecular weight excluding hydrogens is 424 g/mol. The highest BCUT2D eigenvalue weighted by atomic mass is 32.2. The normalized spacial score (nSPS) is 15.6. The zero-order chi connectivity index (χ0) is 21.5. The van der Waals surface area contributed by atoms with Crippen molar-refractivity contribution in [3.05, 3.63) is 45.8 Å². The van der Waals surface area contributed by atoms with Crippen LogP contribution in [0.3, 0.4) is 0 Å². The van der Waals surface area contributed by atoms with Crippen molar-refractivity contribution < 1.29 is 22.4 Å². The summed E-state index contributed by atoms with van der Waals surface area (Å²) in [4.78, 5) is 16.7. The zero-order valence-corrected chi connectivity index (χ0v) is 18.8. The van der Waals surface area contributed by atoms with Crippen molar-refractivity contribution in [2.75, 3.05) is 33.3 Å². The quantitative estimate of drug-likeness (QED) is 0.599. The average Bonchev–Trinajstić information content (AvgIpc) is 3.30. The Morgan fingerprint density at radius 3 is 2.53 bits per heavy atom. The lowest BCUT2D eigenvalue weighted by molar-refractivity contribution is -0.131. The first-order chi connectivity index (χ1) is 14.3. The van der Waals surface area contributed by atoms with Gasteiger partial charge in [-0.1, -0.05) is 0 Å². The van der Waals surface area contributed by atoms with Gasteiger partial charge in [-0.25, -0.2) is 8.42 Å². The predicted octanol–water partition coefficient (Wildman–Crippen LogP) is 3.20. The smallest absolute Gasteiger partial charge is 0.244 e. The first-order valence-electron chi connectivity index (χ1n) is 9.68. The van der Waals surface area contributed by atoms with E-state index in [2.05, 4.69) is 0 Å². The van der Waals surface area contributed by atoms with E-state index in [0.29, 0.717) is 42.4 Å². The molecule has 0 spiro atoms. The van der Waals surface area contributed by atoms with Gasteiger partial charge < -0.3 is 14.1 Å². The maximum atomic E-state index is 13.0. The monoisotopic (exact) mass is 448 g/mol. The van der Waals surface area contributed by atoms with Crippen LogP contribution in [0.2, 0.25) is 0 Å². The molecule has 2 aromatic heterocycles. The maximum Gasteiger partial charge on any atom is 0.244 e. The molecule has 1 aliphatic heterocycles. The zero-order valence-electron chi connectivity index (χ0n) is 17.2. The molecule has 30 heavy (non-hydrogen) atoms. The Labute approximate surface area is 179 Å². The van der Waals surface area contributed by atoms with Gasteiger partial charge in [0.05, 0.1) is 24.7 Å². The third-order valence-corrected chi connectivity index (χ3v) is 8.53. The van der Waals surface area contributed by atoms with Crippen LogP contribution in [0.4, 0.5) is 0 Å². The second-order valence-corrected chi connectivity index (χ2v) is 10.7. The number of piperazine rings is 1. The van der Waals surface area contributed by atoms with E-state index in [1.807, 2.05) is 26.0 Å². The summed E-state index contributed by atoms with van der Waals surface area (Å²) in [5, 5.41) is 0.883. The molecule has 3 heterocycles. The third-order valence-electron chi connectivity index (χ3n) is 5.41. The van der Waals surface area contributed by atoms with E-state index >= 15 is 0 Å². The molecular formula is C21H24N2O5S2. The number of hydrogen-bond donors (Lipinski definition) is 0. The van der Waals surface area contributed by atoms with Gasteiger partial charge in [-0.3, -0.25) is 4.79 Å². The summed E-state index contributed by atoms with van der Waals surface area (Å²) in [6.07, 6.45) is 1.82. The van der Waals surface area contributed by atoms with Crippen molar-refractivity contribution in [2.45, 2.75) is 25.2 Å². The first kappa shape index (κ1) is 20.9. The van der Waals surface area contributed by atoms with Crippen molar-refractivity contribution in [3.8, 4) is 5.75 Å². The summed E-state index contributed by atoms with van der Waals surface area (Å²) in [6.45, 7) is 5.09. The van der Waals surface area contributed by atoms with E-state index < -0.39 is 10.0 Å². The number of methoxy groups -OCH3 is 1. The number of nitrogens with zero attached hydrogens (tertiary/aromatic N) is 2. The second kappa shape index (κ2) is 8.05. The molecule has 4 rings (SSSR count). The van der Waals surface area contributed by atoms with Crippen LogP contribution < -0.4 is 4.74 Å². The first-order valence-corrected chi connectivity index (χ1v) is 11.9. The molecule has 1 aromatic carbocycles. The third kappa shape index (κ3) is 3.84. The molecule has 1 amide bonds. The predicted molar refractivity (Wildman–Crippen MR) is 116 cm³/mol. The van der Waals surface area contributed by atoms with Crippen molar-refractivity contribution in [1.29, 1.82) is 0 Å². The molecule has 0 saturated carbocycles. The van der Waals surface area contributed by atoms with Crippen molar-refractivity contribution in [1.82, 2.24) is 9.21 Å². The van der Waals surface area contributed by atoms with E-state index in [4.69, 9.17) is 9.15 Å². The van der Waals surface area contributed by atoms with Crippen molar-refractivity contribution in [2.24, 2.45) is 0 Å². The van der Waals surface area contributed by atoms with Crippen LogP contribution in [-0.2, 0) is 21.2 Å². The number of hydrogen-bond acceptors (Lipinski definition) is 6. The van der Waals surface area contributed by atoms with Gasteiger partial charge in [-0.15, -0.1) is 11.3 Å². The molecule has 0 radical (unpaired) electrons. The average molecular weight is 449 g/mol. The minimum absolute atomic E-state index is 0.0341. The molecule has 1 saturated heterocycles. The lowest BCUT2D eigenvalue weighted by atomic mass is 10.1. The van der Waals surface area contributed by atoms with Gasteiger partial charge in [0.2, 0.25) is 15.9 Å². The number of aryl methyl sites for hydroxylation is 2. The molecule has 0 aliphatic carbocycles. The van der Waals surface area contributed by atoms with Gasteiger partial charge in [0, 0.05) is 52.9 Å². The van der Waals surface area contributed by atoms with Gasteiger partial charge in [0.1, 0.15) is 11.3 Å². The molecule has 1 fully saturated rings. The number of thiophene rings is 1. The van der Waals surface area contributed by atoms with Crippen LogP contribution in [0.1, 0.15) is 15.3 Å². The number of furan rings is 1. The summed E-state index contributed by atoms with van der Waals surface area (Å²) in [7, 11) is -1.93. The Balaban J connectivity index is 1.42. The number of sulfonamides is 1. The van der Waals surface area contributed by atoms with Gasteiger partial charge in [-0.05, 0) is 32.0 Å². The Bertz CT molecular complexity index is 1190. The van der Waals surface area contributed by atoms with E-state index in [1.165, 1.54) is 15.6 Å². The molecule has 1 aliphatic rings. The molecule has 7 nitrogen and oxygen atoms in total. The highest BCUT2D eigenvalue weighted by molar-refractivity contribution is 7.89. The van der Waals surface area contributed by atoms with Crippen LogP contribution >= 0.6 is 11.3 Å². The number of rotatable bonds is 5. The number of ether oxygens (including phenoxy) is 1. The largest absolute Gasteiger partial charge is 0.497 e. The number of carbonyl (C=O) groups excluding carboxylic acids is 1. The summed E-state index contributed by atoms with van der Waals surface area (Å²) < 4.78 is 38.2. The van der Waals surface area contributed by atoms with Crippen molar-refractivity contribution in [3.63, 3.8) is 0 Å². The molecule has 0 N–H and O–H groups in total. The highest BCUT2D eigenvalue weighted by Crippen LogP contribution is 2.29. The van der Waals surface area contributed by atoms with Crippen LogP contribution in [0, 0.1) is 13.8 Å². The Kier molecular flexibility index (Phi) is 5.61. The lowest BCUT2D eigenvalue weighted by Crippen LogP contribution is -2.50. The molecule has 0 bridgehead atoms. The van der Waals surface area contributed by atoms with E-state index in [9.17, 15) is 13.2 Å². The van der Waals surface area contributed by atoms with Gasteiger partial charge in [0.15, 0.2) is 0 Å². The fraction of sp³-hybridized carbons (Fsp3) is 0.381. The standard InChI is InChI=1S/C21H24N2O5S2/c1-14-10-20(15(2)29-14)30(25,26)23-8-6-22(7-9-23)21(24)11-16-13-28-19-12-17(27-3)4-5-18(16)19/h4-5,10,12-13H,6-9,11H2,1-3H3. The van der Waals surface area contributed by atoms with Crippen LogP contribution in [-0.4, -0.2) is 56.8 Å². The fourth-order valence-corrected chi connectivity index (χ4v) is 6.73. The summed E-state index contributed by atoms with van der Waals surface area (Å²) >= 11 is 1.48. The van der Waals surface area contributed by atoms with Gasteiger partial charge in [0.25, 0.3) is 0 Å². The minimum atomic E-state index is -3.53. The maximum absolute atomic E-state index is 13.0. The molecule has 3 aromatic rings.